The van der Waals surface area contributed by atoms with Crippen LogP contribution in [0, 0.1) is 0 Å². The van der Waals surface area contributed by atoms with Gasteiger partial charge in [0.15, 0.2) is 5.82 Å². The minimum atomic E-state index is -0.131. The Morgan fingerprint density at radius 2 is 1.88 bits per heavy atom. The first-order valence-electron chi connectivity index (χ1n) is 5.04. The maximum absolute atomic E-state index is 4.09. The van der Waals surface area contributed by atoms with Crippen LogP contribution in [0.1, 0.15) is 20.8 Å². The lowest BCUT2D eigenvalue weighted by molar-refractivity contribution is 0.351. The fraction of sp³-hybridized carbons (Fsp3) is 0.364. The molecule has 0 saturated heterocycles. The van der Waals surface area contributed by atoms with Gasteiger partial charge < -0.3 is 0 Å². The van der Waals surface area contributed by atoms with E-state index in [2.05, 4.69) is 52.2 Å². The van der Waals surface area contributed by atoms with Crippen molar-refractivity contribution in [3.05, 3.63) is 28.7 Å². The fourth-order valence-corrected chi connectivity index (χ4v) is 1.91. The van der Waals surface area contributed by atoms with E-state index in [4.69, 9.17) is 0 Å². The van der Waals surface area contributed by atoms with E-state index in [1.54, 1.807) is 0 Å². The van der Waals surface area contributed by atoms with E-state index in [-0.39, 0.29) is 5.54 Å². The summed E-state index contributed by atoms with van der Waals surface area (Å²) >= 11 is 3.51. The maximum Gasteiger partial charge on any atom is 0.183 e. The highest BCUT2D eigenvalue weighted by molar-refractivity contribution is 9.10. The minimum Gasteiger partial charge on any atom is -0.220 e. The van der Waals surface area contributed by atoms with Gasteiger partial charge in [-0.3, -0.25) is 0 Å². The van der Waals surface area contributed by atoms with Crippen molar-refractivity contribution >= 4 is 15.9 Å². The number of tetrazole rings is 1. The molecular formula is C11H13BrN4. The molecule has 0 aliphatic heterocycles. The van der Waals surface area contributed by atoms with Crippen LogP contribution in [0.15, 0.2) is 28.7 Å². The first kappa shape index (κ1) is 11.3. The van der Waals surface area contributed by atoms with Gasteiger partial charge in [0.05, 0.1) is 5.54 Å². The van der Waals surface area contributed by atoms with E-state index < -0.39 is 0 Å². The zero-order chi connectivity index (χ0) is 11.8. The summed E-state index contributed by atoms with van der Waals surface area (Å²) in [5.74, 6) is 0.778. The smallest absolute Gasteiger partial charge is 0.183 e. The summed E-state index contributed by atoms with van der Waals surface area (Å²) < 4.78 is 2.82. The highest BCUT2D eigenvalue weighted by Crippen LogP contribution is 2.28. The summed E-state index contributed by atoms with van der Waals surface area (Å²) in [6, 6.07) is 7.93. The summed E-state index contributed by atoms with van der Waals surface area (Å²) in [6.07, 6.45) is 0. The van der Waals surface area contributed by atoms with Gasteiger partial charge in [0.25, 0.3) is 0 Å². The van der Waals surface area contributed by atoms with Crippen LogP contribution in [0.2, 0.25) is 0 Å². The highest BCUT2D eigenvalue weighted by atomic mass is 79.9. The van der Waals surface area contributed by atoms with E-state index in [0.717, 1.165) is 15.9 Å². The normalized spacial score (nSPS) is 11.8. The van der Waals surface area contributed by atoms with E-state index in [1.165, 1.54) is 0 Å². The molecule has 0 spiro atoms. The molecule has 0 bridgehead atoms. The Balaban J connectivity index is 2.58. The Bertz CT molecular complexity index is 499. The number of hydrogen-bond acceptors (Lipinski definition) is 3. The predicted octanol–water partition coefficient (Wildman–Crippen LogP) is 2.86. The Labute approximate surface area is 103 Å². The zero-order valence-electron chi connectivity index (χ0n) is 9.48. The summed E-state index contributed by atoms with van der Waals surface area (Å²) in [6.45, 7) is 6.22. The standard InChI is InChI=1S/C11H13BrN4/c1-11(2,3)16-10(13-14-15-16)8-6-4-5-7-9(8)12/h4-7H,1-3H3. The van der Waals surface area contributed by atoms with E-state index in [9.17, 15) is 0 Å². The Hall–Kier alpha value is -1.23. The molecule has 2 aromatic rings. The predicted molar refractivity (Wildman–Crippen MR) is 65.9 cm³/mol. The number of nitrogens with zero attached hydrogens (tertiary/aromatic N) is 4. The van der Waals surface area contributed by atoms with Crippen LogP contribution in [0.5, 0.6) is 0 Å². The summed E-state index contributed by atoms with van der Waals surface area (Å²) in [4.78, 5) is 0. The third kappa shape index (κ3) is 2.00. The van der Waals surface area contributed by atoms with Crippen molar-refractivity contribution in [3.63, 3.8) is 0 Å². The van der Waals surface area contributed by atoms with Gasteiger partial charge in [-0.1, -0.05) is 28.1 Å². The lowest BCUT2D eigenvalue weighted by atomic mass is 10.1. The van der Waals surface area contributed by atoms with E-state index in [0.29, 0.717) is 0 Å². The molecule has 1 heterocycles. The Kier molecular flexibility index (Phi) is 2.80. The molecule has 0 aliphatic carbocycles. The molecule has 0 saturated carbocycles. The lowest BCUT2D eigenvalue weighted by Crippen LogP contribution is -2.24. The van der Waals surface area contributed by atoms with Gasteiger partial charge in [-0.25, -0.2) is 4.68 Å². The third-order valence-electron chi connectivity index (χ3n) is 2.22. The summed E-state index contributed by atoms with van der Waals surface area (Å²) in [7, 11) is 0. The quantitative estimate of drug-likeness (QED) is 0.807. The van der Waals surface area contributed by atoms with Gasteiger partial charge in [0.1, 0.15) is 0 Å². The van der Waals surface area contributed by atoms with E-state index in [1.807, 2.05) is 28.9 Å². The lowest BCUT2D eigenvalue weighted by Gasteiger charge is -2.20. The van der Waals surface area contributed by atoms with Gasteiger partial charge in [0, 0.05) is 10.0 Å². The minimum absolute atomic E-state index is 0.131. The van der Waals surface area contributed by atoms with Gasteiger partial charge in [-0.05, 0) is 43.3 Å². The second-order valence-electron chi connectivity index (χ2n) is 4.56. The molecule has 1 aromatic carbocycles. The molecule has 0 fully saturated rings. The summed E-state index contributed by atoms with van der Waals surface area (Å²) in [5, 5.41) is 11.9. The molecule has 0 aliphatic rings. The zero-order valence-corrected chi connectivity index (χ0v) is 11.1. The molecule has 0 radical (unpaired) electrons. The number of benzene rings is 1. The SMILES string of the molecule is CC(C)(C)n1nnnc1-c1ccccc1Br. The molecule has 0 atom stereocenters. The van der Waals surface area contributed by atoms with Crippen LogP contribution >= 0.6 is 15.9 Å². The fourth-order valence-electron chi connectivity index (χ4n) is 1.45. The molecule has 0 amide bonds. The molecule has 5 heteroatoms. The summed E-state index contributed by atoms with van der Waals surface area (Å²) in [5.41, 5.74) is 0.871. The molecule has 16 heavy (non-hydrogen) atoms. The average Bonchev–Trinajstić information content (AvgIpc) is 2.66. The third-order valence-corrected chi connectivity index (χ3v) is 2.91. The number of aromatic nitrogens is 4. The number of rotatable bonds is 1. The maximum atomic E-state index is 4.09. The van der Waals surface area contributed by atoms with Crippen molar-refractivity contribution in [2.45, 2.75) is 26.3 Å². The monoisotopic (exact) mass is 280 g/mol. The van der Waals surface area contributed by atoms with Crippen molar-refractivity contribution in [3.8, 4) is 11.4 Å². The Morgan fingerprint density at radius 3 is 2.50 bits per heavy atom. The molecule has 84 valence electrons. The molecule has 4 nitrogen and oxygen atoms in total. The van der Waals surface area contributed by atoms with Gasteiger partial charge in [-0.15, -0.1) is 5.10 Å². The van der Waals surface area contributed by atoms with Crippen molar-refractivity contribution < 1.29 is 0 Å². The van der Waals surface area contributed by atoms with Crippen molar-refractivity contribution in [2.75, 3.05) is 0 Å². The van der Waals surface area contributed by atoms with Gasteiger partial charge in [0.2, 0.25) is 0 Å². The van der Waals surface area contributed by atoms with Crippen LogP contribution in [-0.2, 0) is 5.54 Å². The molecule has 2 rings (SSSR count). The molecule has 0 unspecified atom stereocenters. The number of halogens is 1. The number of hydrogen-bond donors (Lipinski definition) is 0. The first-order valence-corrected chi connectivity index (χ1v) is 5.83. The van der Waals surface area contributed by atoms with Crippen LogP contribution in [0.3, 0.4) is 0 Å². The molecule has 1 aromatic heterocycles. The molecular weight excluding hydrogens is 268 g/mol. The first-order chi connectivity index (χ1) is 7.50. The van der Waals surface area contributed by atoms with Crippen LogP contribution < -0.4 is 0 Å². The topological polar surface area (TPSA) is 43.6 Å². The second-order valence-corrected chi connectivity index (χ2v) is 5.42. The van der Waals surface area contributed by atoms with Crippen molar-refractivity contribution in [1.29, 1.82) is 0 Å². The molecule has 0 N–H and O–H groups in total. The van der Waals surface area contributed by atoms with Crippen LogP contribution in [0.4, 0.5) is 0 Å². The Morgan fingerprint density at radius 1 is 1.19 bits per heavy atom. The van der Waals surface area contributed by atoms with Crippen LogP contribution in [-0.4, -0.2) is 20.2 Å². The van der Waals surface area contributed by atoms with E-state index >= 15 is 0 Å². The second kappa shape index (κ2) is 3.97. The largest absolute Gasteiger partial charge is 0.220 e. The van der Waals surface area contributed by atoms with Crippen molar-refractivity contribution in [1.82, 2.24) is 20.2 Å². The van der Waals surface area contributed by atoms with Gasteiger partial charge >= 0.3 is 0 Å². The van der Waals surface area contributed by atoms with Crippen molar-refractivity contribution in [2.24, 2.45) is 0 Å². The van der Waals surface area contributed by atoms with Gasteiger partial charge in [-0.2, -0.15) is 0 Å². The average molecular weight is 281 g/mol. The highest BCUT2D eigenvalue weighted by Gasteiger charge is 2.21. The van der Waals surface area contributed by atoms with Crippen LogP contribution in [0.25, 0.3) is 11.4 Å².